The molecule has 0 aromatic heterocycles. The lowest BCUT2D eigenvalue weighted by Gasteiger charge is -2.19. The Morgan fingerprint density at radius 2 is 1.08 bits per heavy atom. The molecule has 3 heteroatoms. The number of benzene rings is 3. The molecule has 0 N–H and O–H groups in total. The largest absolute Gasteiger partial charge is 0.378 e. The van der Waals surface area contributed by atoms with Gasteiger partial charge in [0.25, 0.3) is 0 Å². The molecule has 0 atom stereocenters. The Hall–Kier alpha value is -1.84. The Morgan fingerprint density at radius 3 is 1.50 bits per heavy atom. The van der Waals surface area contributed by atoms with Crippen LogP contribution in [0.5, 0.6) is 0 Å². The summed E-state index contributed by atoms with van der Waals surface area (Å²) < 4.78 is 0.325. The van der Waals surface area contributed by atoms with Gasteiger partial charge in [-0.1, -0.05) is 48.5 Å². The first-order chi connectivity index (χ1) is 11.7. The number of nitrogens with zero attached hydrogens (tertiary/aromatic N) is 1. The molecule has 0 amide bonds. The van der Waals surface area contributed by atoms with Crippen molar-refractivity contribution in [3.05, 3.63) is 90.5 Å². The normalized spacial score (nSPS) is 10.8. The molecule has 0 saturated carbocycles. The molecule has 1 nitrogen and oxygen atoms in total. The van der Waals surface area contributed by atoms with E-state index >= 15 is 0 Å². The minimum Gasteiger partial charge on any atom is -0.378 e. The van der Waals surface area contributed by atoms with Gasteiger partial charge in [0.15, 0.2) is 0 Å². The van der Waals surface area contributed by atoms with Crippen LogP contribution >= 0.6 is 23.5 Å². The third-order valence-corrected chi connectivity index (χ3v) is 6.29. The van der Waals surface area contributed by atoms with Crippen molar-refractivity contribution in [2.75, 3.05) is 19.0 Å². The third kappa shape index (κ3) is 4.59. The number of hydrogen-bond acceptors (Lipinski definition) is 3. The Balaban J connectivity index is 1.86. The van der Waals surface area contributed by atoms with Gasteiger partial charge < -0.3 is 4.90 Å². The molecule has 24 heavy (non-hydrogen) atoms. The SMILES string of the molecule is CN(C)c1ccc(C(Sc2ccccc2)Sc2ccccc2)cc1. The van der Waals surface area contributed by atoms with E-state index in [4.69, 9.17) is 0 Å². The van der Waals surface area contributed by atoms with E-state index in [9.17, 15) is 0 Å². The molecule has 0 spiro atoms. The van der Waals surface area contributed by atoms with Gasteiger partial charge in [0.2, 0.25) is 0 Å². The van der Waals surface area contributed by atoms with Crippen molar-refractivity contribution in [1.82, 2.24) is 0 Å². The zero-order chi connectivity index (χ0) is 16.8. The van der Waals surface area contributed by atoms with Gasteiger partial charge in [0.1, 0.15) is 0 Å². The molecule has 0 unspecified atom stereocenters. The molecular weight excluding hydrogens is 330 g/mol. The molecule has 0 aliphatic heterocycles. The van der Waals surface area contributed by atoms with Crippen molar-refractivity contribution >= 4 is 29.2 Å². The van der Waals surface area contributed by atoms with Crippen molar-refractivity contribution in [1.29, 1.82) is 0 Å². The predicted octanol–water partition coefficient (Wildman–Crippen LogP) is 6.34. The van der Waals surface area contributed by atoms with Crippen LogP contribution in [0, 0.1) is 0 Å². The van der Waals surface area contributed by atoms with Crippen LogP contribution in [-0.2, 0) is 0 Å². The molecule has 3 rings (SSSR count). The maximum atomic E-state index is 2.24. The van der Waals surface area contributed by atoms with Crippen molar-refractivity contribution < 1.29 is 0 Å². The summed E-state index contributed by atoms with van der Waals surface area (Å²) >= 11 is 3.80. The summed E-state index contributed by atoms with van der Waals surface area (Å²) in [6.45, 7) is 0. The fraction of sp³-hybridized carbons (Fsp3) is 0.143. The first kappa shape index (κ1) is 17.0. The number of hydrogen-bond donors (Lipinski definition) is 0. The maximum Gasteiger partial charge on any atom is 0.0845 e. The molecule has 0 aliphatic rings. The zero-order valence-corrected chi connectivity index (χ0v) is 15.6. The standard InChI is InChI=1S/C21H21NS2/c1-22(2)18-15-13-17(14-16-18)21(23-19-9-5-3-6-10-19)24-20-11-7-4-8-12-20/h3-16,21H,1-2H3. The summed E-state index contributed by atoms with van der Waals surface area (Å²) in [6, 6.07) is 30.1. The minimum atomic E-state index is 0.325. The van der Waals surface area contributed by atoms with E-state index in [0.717, 1.165) is 0 Å². The molecule has 0 bridgehead atoms. The van der Waals surface area contributed by atoms with E-state index in [2.05, 4.69) is 104 Å². The average Bonchev–Trinajstić information content (AvgIpc) is 2.63. The van der Waals surface area contributed by atoms with Crippen molar-refractivity contribution in [2.24, 2.45) is 0 Å². The highest BCUT2D eigenvalue weighted by atomic mass is 32.2. The topological polar surface area (TPSA) is 3.24 Å². The molecule has 0 heterocycles. The van der Waals surface area contributed by atoms with Crippen LogP contribution in [-0.4, -0.2) is 14.1 Å². The highest BCUT2D eigenvalue weighted by molar-refractivity contribution is 8.16. The van der Waals surface area contributed by atoms with Crippen LogP contribution < -0.4 is 4.90 Å². The summed E-state index contributed by atoms with van der Waals surface area (Å²) in [4.78, 5) is 4.72. The quantitative estimate of drug-likeness (QED) is 0.377. The third-order valence-electron chi connectivity index (χ3n) is 3.65. The predicted molar refractivity (Wildman–Crippen MR) is 108 cm³/mol. The van der Waals surface area contributed by atoms with Gasteiger partial charge in [-0.2, -0.15) is 0 Å². The van der Waals surface area contributed by atoms with Crippen molar-refractivity contribution in [3.63, 3.8) is 0 Å². The first-order valence-electron chi connectivity index (χ1n) is 7.93. The van der Waals surface area contributed by atoms with Crippen LogP contribution in [0.1, 0.15) is 10.1 Å². The molecular formula is C21H21NS2. The maximum absolute atomic E-state index is 2.24. The van der Waals surface area contributed by atoms with Gasteiger partial charge in [0, 0.05) is 29.6 Å². The summed E-state index contributed by atoms with van der Waals surface area (Å²) in [5.74, 6) is 0. The Bertz CT molecular complexity index is 698. The molecule has 0 fully saturated rings. The van der Waals surface area contributed by atoms with E-state index in [0.29, 0.717) is 4.58 Å². The fourth-order valence-electron chi connectivity index (χ4n) is 2.34. The highest BCUT2D eigenvalue weighted by Crippen LogP contribution is 2.47. The number of anilines is 1. The number of thioether (sulfide) groups is 2. The molecule has 0 aliphatic carbocycles. The van der Waals surface area contributed by atoms with Gasteiger partial charge in [0.05, 0.1) is 4.58 Å². The van der Waals surface area contributed by atoms with E-state index in [1.165, 1.54) is 21.0 Å². The summed E-state index contributed by atoms with van der Waals surface area (Å²) in [7, 11) is 4.15. The van der Waals surface area contributed by atoms with Crippen molar-refractivity contribution in [2.45, 2.75) is 14.4 Å². The Labute approximate surface area is 153 Å². The second-order valence-electron chi connectivity index (χ2n) is 5.68. The lowest BCUT2D eigenvalue weighted by Crippen LogP contribution is -2.08. The fourth-order valence-corrected chi connectivity index (χ4v) is 4.90. The number of rotatable bonds is 6. The van der Waals surface area contributed by atoms with E-state index in [1.54, 1.807) is 0 Å². The van der Waals surface area contributed by atoms with Crippen LogP contribution in [0.4, 0.5) is 5.69 Å². The van der Waals surface area contributed by atoms with Gasteiger partial charge in [-0.15, -0.1) is 23.5 Å². The van der Waals surface area contributed by atoms with Gasteiger partial charge in [-0.05, 0) is 42.0 Å². The van der Waals surface area contributed by atoms with E-state index < -0.39 is 0 Å². The smallest absolute Gasteiger partial charge is 0.0845 e. The Kier molecular flexibility index (Phi) is 5.89. The van der Waals surface area contributed by atoms with Crippen LogP contribution in [0.3, 0.4) is 0 Å². The Morgan fingerprint density at radius 1 is 0.625 bits per heavy atom. The lowest BCUT2D eigenvalue weighted by molar-refractivity contribution is 1.13. The molecule has 3 aromatic rings. The summed E-state index contributed by atoms with van der Waals surface area (Å²) in [6.07, 6.45) is 0. The second kappa shape index (κ2) is 8.32. The molecule has 0 saturated heterocycles. The van der Waals surface area contributed by atoms with Gasteiger partial charge in [-0.3, -0.25) is 0 Å². The highest BCUT2D eigenvalue weighted by Gasteiger charge is 2.15. The summed E-state index contributed by atoms with van der Waals surface area (Å²) in [5, 5.41) is 0. The van der Waals surface area contributed by atoms with Crippen LogP contribution in [0.25, 0.3) is 0 Å². The van der Waals surface area contributed by atoms with Crippen molar-refractivity contribution in [3.8, 4) is 0 Å². The molecule has 122 valence electrons. The van der Waals surface area contributed by atoms with Crippen LogP contribution in [0.2, 0.25) is 0 Å². The summed E-state index contributed by atoms with van der Waals surface area (Å²) in [5.41, 5.74) is 2.57. The van der Waals surface area contributed by atoms with Gasteiger partial charge >= 0.3 is 0 Å². The monoisotopic (exact) mass is 351 g/mol. The molecule has 0 radical (unpaired) electrons. The first-order valence-corrected chi connectivity index (χ1v) is 9.69. The average molecular weight is 352 g/mol. The van der Waals surface area contributed by atoms with E-state index in [-0.39, 0.29) is 0 Å². The lowest BCUT2D eigenvalue weighted by atomic mass is 10.2. The zero-order valence-electron chi connectivity index (χ0n) is 13.9. The minimum absolute atomic E-state index is 0.325. The van der Waals surface area contributed by atoms with Gasteiger partial charge in [-0.25, -0.2) is 0 Å². The van der Waals surface area contributed by atoms with Crippen LogP contribution in [0.15, 0.2) is 94.7 Å². The molecule has 3 aromatic carbocycles. The van der Waals surface area contributed by atoms with E-state index in [1.807, 2.05) is 23.5 Å². The second-order valence-corrected chi connectivity index (χ2v) is 8.34.